The van der Waals surface area contributed by atoms with Crippen LogP contribution < -0.4 is 0 Å². The Bertz CT molecular complexity index is 767. The Kier molecular flexibility index (Phi) is 57.0. The Hall–Kier alpha value is 0.862. The maximum atomic E-state index is 5.10. The molecule has 0 atom stereocenters. The van der Waals surface area contributed by atoms with E-state index >= 15 is 0 Å². The van der Waals surface area contributed by atoms with Crippen LogP contribution >= 0.6 is 36.7 Å². The first kappa shape index (κ1) is 65.5. The molecule has 0 saturated carbocycles. The van der Waals surface area contributed by atoms with Crippen LogP contribution in [0, 0.1) is 0 Å². The molecule has 0 aromatic heterocycles. The number of hydrogen-bond acceptors (Lipinski definition) is 6. The fraction of sp³-hybridized carbons (Fsp3) is 0.938. The maximum absolute atomic E-state index is 5.10. The predicted octanol–water partition coefficient (Wildman–Crippen LogP) is 16.3. The Morgan fingerprint density at radius 3 is 0.569 bits per heavy atom. The van der Waals surface area contributed by atoms with Crippen molar-refractivity contribution in [1.82, 2.24) is 14.7 Å². The minimum atomic E-state index is 0. The van der Waals surface area contributed by atoms with Crippen LogP contribution in [0.5, 0.6) is 0 Å². The summed E-state index contributed by atoms with van der Waals surface area (Å²) >= 11 is 30.6. The second kappa shape index (κ2) is 50.5. The van der Waals surface area contributed by atoms with Gasteiger partial charge in [0.1, 0.15) is 0 Å². The molecule has 0 aromatic carbocycles. The van der Waals surface area contributed by atoms with E-state index in [1.807, 2.05) is 0 Å². The van der Waals surface area contributed by atoms with Gasteiger partial charge in [-0.25, -0.2) is 0 Å². The van der Waals surface area contributed by atoms with Gasteiger partial charge in [-0.05, 0) is 60.8 Å². The van der Waals surface area contributed by atoms with Gasteiger partial charge in [0.2, 0.25) is 0 Å². The van der Waals surface area contributed by atoms with E-state index < -0.39 is 0 Å². The molecule has 3 nitrogen and oxygen atoms in total. The van der Waals surface area contributed by atoms with Crippen molar-refractivity contribution in [1.29, 1.82) is 0 Å². The second-order valence-corrected chi connectivity index (χ2v) is 20.3. The molecule has 0 fully saturated rings. The van der Waals surface area contributed by atoms with Crippen molar-refractivity contribution in [3.8, 4) is 0 Å². The quantitative estimate of drug-likeness (QED) is 0.0342. The molecule has 0 amide bonds. The molecule has 0 N–H and O–H groups in total. The summed E-state index contributed by atoms with van der Waals surface area (Å²) in [6.45, 7) is 22.9. The molecule has 0 heterocycles. The SMILES string of the molecule is CCCCCCCCCCCCN(C(=S)[S-])C(C)C.CCCCCCCCCCCCN(C(=S)[S-])C(C)C.CCCCCCCCCCCCN(C(=S)[S-])C(C)C.[Cr+3]. The molecule has 345 valence electrons. The summed E-state index contributed by atoms with van der Waals surface area (Å²) in [7, 11) is 0. The van der Waals surface area contributed by atoms with E-state index in [0.717, 1.165) is 19.6 Å². The summed E-state index contributed by atoms with van der Waals surface area (Å²) in [6, 6.07) is 1.34. The number of unbranched alkanes of at least 4 members (excludes halogenated alkanes) is 27. The van der Waals surface area contributed by atoms with Crippen molar-refractivity contribution in [2.24, 2.45) is 0 Å². The zero-order valence-electron chi connectivity index (χ0n) is 39.8. The summed E-state index contributed by atoms with van der Waals surface area (Å²) in [5.41, 5.74) is 0. The van der Waals surface area contributed by atoms with Crippen molar-refractivity contribution in [2.45, 2.75) is 273 Å². The van der Waals surface area contributed by atoms with E-state index in [-0.39, 0.29) is 17.4 Å². The summed E-state index contributed by atoms with van der Waals surface area (Å²) < 4.78 is 1.89. The standard InChI is InChI=1S/3C16H33NS2.Cr/c3*1-4-5-6-7-8-9-10-11-12-13-14-17(15(2)3)16(18)19;/h3*15H,4-14H2,1-3H3,(H,18,19);/q;;;+3/p-3. The third-order valence-corrected chi connectivity index (χ3v) is 12.2. The monoisotopic (exact) mass is 959 g/mol. The first-order valence-corrected chi connectivity index (χ1v) is 26.7. The number of thiocarbonyl (C=S) groups is 3. The minimum Gasteiger partial charge on any atom is -0.411 e. The maximum Gasteiger partial charge on any atom is 3.00 e. The summed E-state index contributed by atoms with van der Waals surface area (Å²) in [5.74, 6) is 0. The molecule has 10 heteroatoms. The average Bonchev–Trinajstić information content (AvgIpc) is 3.14. The smallest absolute Gasteiger partial charge is 0.411 e. The molecular weight excluding hydrogens is 863 g/mol. The molecule has 0 rings (SSSR count). The predicted molar refractivity (Wildman–Crippen MR) is 281 cm³/mol. The molecule has 0 bridgehead atoms. The Morgan fingerprint density at radius 1 is 0.310 bits per heavy atom. The third kappa shape index (κ3) is 47.9. The molecule has 0 spiro atoms. The van der Waals surface area contributed by atoms with Crippen LogP contribution in [0.15, 0.2) is 0 Å². The van der Waals surface area contributed by atoms with E-state index in [1.165, 1.54) is 193 Å². The molecule has 0 aliphatic carbocycles. The molecule has 0 aliphatic heterocycles. The first-order chi connectivity index (χ1) is 27.3. The van der Waals surface area contributed by atoms with Gasteiger partial charge in [-0.15, -0.1) is 0 Å². The topological polar surface area (TPSA) is 9.72 Å². The van der Waals surface area contributed by atoms with Crippen molar-refractivity contribution in [3.63, 3.8) is 0 Å². The largest absolute Gasteiger partial charge is 3.00 e. The van der Waals surface area contributed by atoms with Crippen molar-refractivity contribution in [2.75, 3.05) is 19.6 Å². The van der Waals surface area contributed by atoms with E-state index in [0.29, 0.717) is 31.1 Å². The average molecular weight is 960 g/mol. The fourth-order valence-corrected chi connectivity index (χ4v) is 8.80. The van der Waals surface area contributed by atoms with Crippen LogP contribution in [0.2, 0.25) is 0 Å². The molecule has 0 aliphatic rings. The molecule has 1 radical (unpaired) electrons. The van der Waals surface area contributed by atoms with Crippen LogP contribution in [0.25, 0.3) is 0 Å². The first-order valence-electron chi connectivity index (χ1n) is 24.2. The zero-order chi connectivity index (χ0) is 43.5. The molecule has 0 aromatic rings. The van der Waals surface area contributed by atoms with Gasteiger partial charge < -0.3 is 89.2 Å². The number of hydrogen-bond donors (Lipinski definition) is 0. The van der Waals surface area contributed by atoms with Gasteiger partial charge in [0.25, 0.3) is 0 Å². The molecule has 58 heavy (non-hydrogen) atoms. The van der Waals surface area contributed by atoms with Crippen LogP contribution in [0.1, 0.15) is 255 Å². The van der Waals surface area contributed by atoms with Gasteiger partial charge in [0.15, 0.2) is 0 Å². The summed E-state index contributed by atoms with van der Waals surface area (Å²) in [6.07, 6.45) is 41.3. The van der Waals surface area contributed by atoms with Crippen LogP contribution in [-0.4, -0.2) is 65.4 Å². The fourth-order valence-electron chi connectivity index (χ4n) is 6.99. The van der Waals surface area contributed by atoms with Gasteiger partial charge in [0, 0.05) is 37.8 Å². The number of nitrogens with zero attached hydrogens (tertiary/aromatic N) is 3. The summed E-state index contributed by atoms with van der Waals surface area (Å²) in [5, 5.41) is 0. The Morgan fingerprint density at radius 2 is 0.448 bits per heavy atom. The molecule has 0 unspecified atom stereocenters. The van der Waals surface area contributed by atoms with Crippen LogP contribution in [0.4, 0.5) is 0 Å². The van der Waals surface area contributed by atoms with Gasteiger partial charge in [-0.2, -0.15) is 0 Å². The van der Waals surface area contributed by atoms with Gasteiger partial charge in [-0.3, -0.25) is 0 Å². The van der Waals surface area contributed by atoms with Crippen LogP contribution in [0.3, 0.4) is 0 Å². The van der Waals surface area contributed by atoms with E-state index in [9.17, 15) is 0 Å². The normalized spacial score (nSPS) is 10.8. The summed E-state index contributed by atoms with van der Waals surface area (Å²) in [4.78, 5) is 6.49. The van der Waals surface area contributed by atoms with E-state index in [1.54, 1.807) is 0 Å². The molecule has 0 saturated heterocycles. The minimum absolute atomic E-state index is 0. The zero-order valence-corrected chi connectivity index (χ0v) is 45.9. The van der Waals surface area contributed by atoms with E-state index in [2.05, 4.69) is 77.0 Å². The van der Waals surface area contributed by atoms with Crippen molar-refractivity contribution >= 4 is 87.5 Å². The second-order valence-electron chi connectivity index (χ2n) is 17.2. The number of rotatable bonds is 36. The van der Waals surface area contributed by atoms with Crippen molar-refractivity contribution in [3.05, 3.63) is 0 Å². The van der Waals surface area contributed by atoms with Gasteiger partial charge in [-0.1, -0.05) is 207 Å². The molecular formula is C48H96CrN3S6. The third-order valence-electron chi connectivity index (χ3n) is 10.8. The van der Waals surface area contributed by atoms with Crippen molar-refractivity contribution < 1.29 is 17.4 Å². The Labute approximate surface area is 409 Å². The Balaban J connectivity index is -0.000000374. The van der Waals surface area contributed by atoms with Gasteiger partial charge in [0.05, 0.1) is 0 Å². The van der Waals surface area contributed by atoms with E-state index in [4.69, 9.17) is 74.5 Å². The van der Waals surface area contributed by atoms with Gasteiger partial charge >= 0.3 is 17.4 Å². The van der Waals surface area contributed by atoms with Crippen LogP contribution in [-0.2, 0) is 55.2 Å².